The van der Waals surface area contributed by atoms with Crippen molar-refractivity contribution >= 4 is 5.96 Å². The van der Waals surface area contributed by atoms with E-state index in [9.17, 15) is 0 Å². The summed E-state index contributed by atoms with van der Waals surface area (Å²) >= 11 is 0. The average Bonchev–Trinajstić information content (AvgIpc) is 2.74. The lowest BCUT2D eigenvalue weighted by atomic mass is 10.2. The number of guanidine groups is 1. The highest BCUT2D eigenvalue weighted by Gasteiger charge is 2.08. The van der Waals surface area contributed by atoms with Crippen LogP contribution >= 0.6 is 0 Å². The van der Waals surface area contributed by atoms with Crippen LogP contribution in [0.25, 0.3) is 0 Å². The van der Waals surface area contributed by atoms with Gasteiger partial charge in [-0.1, -0.05) is 12.8 Å². The normalized spacial score (nSPS) is 17.8. The molecule has 0 bridgehead atoms. The number of ether oxygens (including phenoxy) is 1. The molecule has 0 aromatic carbocycles. The smallest absolute Gasteiger partial charge is 0.190 e. The lowest BCUT2D eigenvalue weighted by Gasteiger charge is -2.20. The highest BCUT2D eigenvalue weighted by atomic mass is 16.5. The number of rotatable bonds is 8. The minimum atomic E-state index is 0.791. The van der Waals surface area contributed by atoms with Crippen molar-refractivity contribution in [3.05, 3.63) is 0 Å². The van der Waals surface area contributed by atoms with Crippen molar-refractivity contribution in [1.82, 2.24) is 15.5 Å². The van der Waals surface area contributed by atoms with Gasteiger partial charge in [0.15, 0.2) is 5.96 Å². The molecule has 0 amide bonds. The summed E-state index contributed by atoms with van der Waals surface area (Å²) in [7, 11) is 3.55. The lowest BCUT2D eigenvalue weighted by Crippen LogP contribution is -2.39. The summed E-state index contributed by atoms with van der Waals surface area (Å²) in [6.45, 7) is 6.45. The quantitative estimate of drug-likeness (QED) is 0.402. The molecule has 1 fully saturated rings. The Bertz CT molecular complexity index is 250. The van der Waals surface area contributed by atoms with E-state index in [-0.39, 0.29) is 0 Å². The Labute approximate surface area is 124 Å². The second kappa shape index (κ2) is 12.0. The van der Waals surface area contributed by atoms with Gasteiger partial charge < -0.3 is 20.3 Å². The topological polar surface area (TPSA) is 48.9 Å². The molecule has 0 saturated carbocycles. The molecule has 1 aliphatic heterocycles. The van der Waals surface area contributed by atoms with Crippen LogP contribution < -0.4 is 10.6 Å². The van der Waals surface area contributed by atoms with E-state index in [1.54, 1.807) is 7.11 Å². The van der Waals surface area contributed by atoms with Gasteiger partial charge in [-0.15, -0.1) is 0 Å². The fourth-order valence-corrected chi connectivity index (χ4v) is 2.51. The molecule has 20 heavy (non-hydrogen) atoms. The molecule has 5 heteroatoms. The standard InChI is InChI=1S/C15H32N4O/c1-16-15(18-10-8-14-20-2)17-9-7-13-19-11-5-3-4-6-12-19/h3-14H2,1-2H3,(H2,16,17,18). The van der Waals surface area contributed by atoms with Crippen LogP contribution in [0.5, 0.6) is 0 Å². The fraction of sp³-hybridized carbons (Fsp3) is 0.933. The molecule has 118 valence electrons. The minimum Gasteiger partial charge on any atom is -0.385 e. The van der Waals surface area contributed by atoms with E-state index in [4.69, 9.17) is 4.74 Å². The molecule has 2 N–H and O–H groups in total. The second-order valence-corrected chi connectivity index (χ2v) is 5.38. The summed E-state index contributed by atoms with van der Waals surface area (Å²) in [5, 5.41) is 6.67. The molecular weight excluding hydrogens is 252 g/mol. The molecule has 1 saturated heterocycles. The van der Waals surface area contributed by atoms with Gasteiger partial charge in [-0.25, -0.2) is 0 Å². The molecule has 1 heterocycles. The van der Waals surface area contributed by atoms with Crippen molar-refractivity contribution in [3.8, 4) is 0 Å². The van der Waals surface area contributed by atoms with E-state index in [0.29, 0.717) is 0 Å². The first-order valence-electron chi connectivity index (χ1n) is 8.02. The van der Waals surface area contributed by atoms with Crippen LogP contribution in [0.4, 0.5) is 0 Å². The molecule has 0 atom stereocenters. The zero-order valence-electron chi connectivity index (χ0n) is 13.3. The molecule has 1 rings (SSSR count). The van der Waals surface area contributed by atoms with E-state index in [2.05, 4.69) is 20.5 Å². The van der Waals surface area contributed by atoms with Gasteiger partial charge >= 0.3 is 0 Å². The SMILES string of the molecule is CN=C(NCCCOC)NCCCN1CCCCCC1. The number of likely N-dealkylation sites (tertiary alicyclic amines) is 1. The summed E-state index contributed by atoms with van der Waals surface area (Å²) in [6.07, 6.45) is 7.75. The van der Waals surface area contributed by atoms with Gasteiger partial charge in [0.1, 0.15) is 0 Å². The molecule has 0 spiro atoms. The summed E-state index contributed by atoms with van der Waals surface area (Å²) in [5.74, 6) is 0.900. The maximum Gasteiger partial charge on any atom is 0.190 e. The van der Waals surface area contributed by atoms with Crippen LogP contribution in [0, 0.1) is 0 Å². The van der Waals surface area contributed by atoms with Crippen LogP contribution in [0.1, 0.15) is 38.5 Å². The first-order valence-corrected chi connectivity index (χ1v) is 8.02. The highest BCUT2D eigenvalue weighted by Crippen LogP contribution is 2.09. The number of nitrogens with one attached hydrogen (secondary N) is 2. The summed E-state index contributed by atoms with van der Waals surface area (Å²) < 4.78 is 5.03. The fourth-order valence-electron chi connectivity index (χ4n) is 2.51. The van der Waals surface area contributed by atoms with Crippen molar-refractivity contribution in [2.75, 3.05) is 53.5 Å². The van der Waals surface area contributed by atoms with Crippen LogP contribution in [-0.4, -0.2) is 64.3 Å². The van der Waals surface area contributed by atoms with E-state index < -0.39 is 0 Å². The van der Waals surface area contributed by atoms with E-state index >= 15 is 0 Å². The maximum atomic E-state index is 5.03. The number of hydrogen-bond donors (Lipinski definition) is 2. The van der Waals surface area contributed by atoms with Gasteiger partial charge in [0.05, 0.1) is 0 Å². The van der Waals surface area contributed by atoms with Crippen LogP contribution in [0.3, 0.4) is 0 Å². The van der Waals surface area contributed by atoms with Gasteiger partial charge in [-0.05, 0) is 45.3 Å². The third-order valence-corrected chi connectivity index (χ3v) is 3.68. The molecule has 0 radical (unpaired) electrons. The van der Waals surface area contributed by atoms with Gasteiger partial charge in [-0.3, -0.25) is 4.99 Å². The van der Waals surface area contributed by atoms with Crippen molar-refractivity contribution in [2.45, 2.75) is 38.5 Å². The van der Waals surface area contributed by atoms with Crippen molar-refractivity contribution in [1.29, 1.82) is 0 Å². The molecule has 1 aliphatic rings. The summed E-state index contributed by atoms with van der Waals surface area (Å²) in [6, 6.07) is 0. The Balaban J connectivity index is 2.02. The van der Waals surface area contributed by atoms with Gasteiger partial charge in [0.25, 0.3) is 0 Å². The number of aliphatic imine (C=N–C) groups is 1. The van der Waals surface area contributed by atoms with Crippen LogP contribution in [0.15, 0.2) is 4.99 Å². The van der Waals surface area contributed by atoms with Crippen molar-refractivity contribution in [3.63, 3.8) is 0 Å². The Morgan fingerprint density at radius 1 is 1.05 bits per heavy atom. The van der Waals surface area contributed by atoms with Gasteiger partial charge in [0, 0.05) is 33.9 Å². The summed E-state index contributed by atoms with van der Waals surface area (Å²) in [5.41, 5.74) is 0. The minimum absolute atomic E-state index is 0.791. The largest absolute Gasteiger partial charge is 0.385 e. The van der Waals surface area contributed by atoms with E-state index in [0.717, 1.165) is 32.1 Å². The Morgan fingerprint density at radius 3 is 2.30 bits per heavy atom. The number of nitrogens with zero attached hydrogens (tertiary/aromatic N) is 2. The van der Waals surface area contributed by atoms with Crippen molar-refractivity contribution in [2.24, 2.45) is 4.99 Å². The first-order chi connectivity index (χ1) is 9.86. The number of hydrogen-bond acceptors (Lipinski definition) is 3. The van der Waals surface area contributed by atoms with Crippen molar-refractivity contribution < 1.29 is 4.74 Å². The third-order valence-electron chi connectivity index (χ3n) is 3.68. The molecule has 0 unspecified atom stereocenters. The second-order valence-electron chi connectivity index (χ2n) is 5.38. The Hall–Kier alpha value is -0.810. The molecule has 5 nitrogen and oxygen atoms in total. The molecule has 0 aliphatic carbocycles. The molecule has 0 aromatic rings. The Kier molecular flexibility index (Phi) is 10.3. The molecular formula is C15H32N4O. The third kappa shape index (κ3) is 8.38. The average molecular weight is 284 g/mol. The van der Waals surface area contributed by atoms with Crippen LogP contribution in [-0.2, 0) is 4.74 Å². The predicted octanol–water partition coefficient (Wildman–Crippen LogP) is 1.45. The van der Waals surface area contributed by atoms with Gasteiger partial charge in [-0.2, -0.15) is 0 Å². The maximum absolute atomic E-state index is 5.03. The predicted molar refractivity (Wildman–Crippen MR) is 85.4 cm³/mol. The lowest BCUT2D eigenvalue weighted by molar-refractivity contribution is 0.195. The zero-order valence-corrected chi connectivity index (χ0v) is 13.3. The zero-order chi connectivity index (χ0) is 14.5. The van der Waals surface area contributed by atoms with E-state index in [1.807, 2.05) is 7.05 Å². The summed E-state index contributed by atoms with van der Waals surface area (Å²) in [4.78, 5) is 6.83. The molecule has 0 aromatic heterocycles. The highest BCUT2D eigenvalue weighted by molar-refractivity contribution is 5.79. The Morgan fingerprint density at radius 2 is 1.70 bits per heavy atom. The van der Waals surface area contributed by atoms with Gasteiger partial charge in [0.2, 0.25) is 0 Å². The first kappa shape index (κ1) is 17.2. The van der Waals surface area contributed by atoms with E-state index in [1.165, 1.54) is 51.7 Å². The monoisotopic (exact) mass is 284 g/mol. The number of methoxy groups -OCH3 is 1. The van der Waals surface area contributed by atoms with Crippen LogP contribution in [0.2, 0.25) is 0 Å².